The number of nitrogens with two attached hydrogens (primary N) is 1. The molecular formula is C17H24N6OS. The first-order valence-electron chi connectivity index (χ1n) is 9.01. The van der Waals surface area contributed by atoms with Gasteiger partial charge in [0.25, 0.3) is 0 Å². The molecule has 2 aromatic rings. The minimum Gasteiger partial charge on any atom is -0.351 e. The molecule has 0 bridgehead atoms. The summed E-state index contributed by atoms with van der Waals surface area (Å²) in [6.07, 6.45) is 8.10. The highest BCUT2D eigenvalue weighted by molar-refractivity contribution is 7.22. The summed E-state index contributed by atoms with van der Waals surface area (Å²) in [5.74, 6) is 0. The third kappa shape index (κ3) is 3.69. The molecule has 3 N–H and O–H groups in total. The average molecular weight is 360 g/mol. The molecule has 0 atom stereocenters. The van der Waals surface area contributed by atoms with Crippen LogP contribution in [0.3, 0.4) is 0 Å². The molecule has 134 valence electrons. The summed E-state index contributed by atoms with van der Waals surface area (Å²) in [6, 6.07) is 2.04. The zero-order valence-electron chi connectivity index (χ0n) is 14.3. The van der Waals surface area contributed by atoms with Crippen molar-refractivity contribution in [1.82, 2.24) is 14.9 Å². The van der Waals surface area contributed by atoms with Crippen molar-refractivity contribution in [2.75, 3.05) is 36.4 Å². The number of carbonyl (C=O) groups excluding carboxylic acids is 1. The first kappa shape index (κ1) is 16.5. The number of primary amides is 1. The van der Waals surface area contributed by atoms with Gasteiger partial charge in [0.2, 0.25) is 0 Å². The van der Waals surface area contributed by atoms with Crippen molar-refractivity contribution >= 4 is 38.5 Å². The first-order chi connectivity index (χ1) is 12.2. The standard InChI is InChI=1S/C17H24N6OS/c18-16(24)20-12-10-14-15(19-11-12)21-17(25-14)23-8-4-13(5-9-23)22-6-2-1-3-7-22/h10-11,13H,1-9H2,(H3,18,20,24). The normalized spacial score (nSPS) is 20.1. The third-order valence-electron chi connectivity index (χ3n) is 5.15. The topological polar surface area (TPSA) is 87.4 Å². The number of fused-ring (bicyclic) bond motifs is 1. The van der Waals surface area contributed by atoms with Crippen LogP contribution in [-0.4, -0.2) is 53.1 Å². The molecule has 2 saturated heterocycles. The zero-order valence-corrected chi connectivity index (χ0v) is 15.1. The van der Waals surface area contributed by atoms with Gasteiger partial charge in [-0.15, -0.1) is 0 Å². The lowest BCUT2D eigenvalue weighted by Crippen LogP contribution is -2.46. The van der Waals surface area contributed by atoms with E-state index in [1.165, 1.54) is 45.2 Å². The molecular weight excluding hydrogens is 336 g/mol. The van der Waals surface area contributed by atoms with Crippen molar-refractivity contribution in [2.24, 2.45) is 5.73 Å². The predicted molar refractivity (Wildman–Crippen MR) is 101 cm³/mol. The van der Waals surface area contributed by atoms with E-state index in [0.29, 0.717) is 5.69 Å². The molecule has 0 aliphatic carbocycles. The Morgan fingerprint density at radius 2 is 1.96 bits per heavy atom. The Morgan fingerprint density at radius 1 is 1.20 bits per heavy atom. The van der Waals surface area contributed by atoms with Gasteiger partial charge in [-0.1, -0.05) is 17.8 Å². The number of hydrogen-bond acceptors (Lipinski definition) is 6. The van der Waals surface area contributed by atoms with Crippen molar-refractivity contribution in [1.29, 1.82) is 0 Å². The maximum atomic E-state index is 11.0. The number of anilines is 2. The van der Waals surface area contributed by atoms with Crippen LogP contribution in [0.1, 0.15) is 32.1 Å². The largest absolute Gasteiger partial charge is 0.351 e. The molecule has 0 aromatic carbocycles. The average Bonchev–Trinajstić information content (AvgIpc) is 3.05. The van der Waals surface area contributed by atoms with E-state index in [1.807, 2.05) is 6.07 Å². The summed E-state index contributed by atoms with van der Waals surface area (Å²) in [5.41, 5.74) is 6.50. The van der Waals surface area contributed by atoms with Crippen LogP contribution in [0.15, 0.2) is 12.3 Å². The minimum atomic E-state index is -0.578. The Bertz CT molecular complexity index is 749. The fraction of sp³-hybridized carbons (Fsp3) is 0.588. The van der Waals surface area contributed by atoms with Gasteiger partial charge < -0.3 is 20.9 Å². The number of likely N-dealkylation sites (tertiary alicyclic amines) is 1. The van der Waals surface area contributed by atoms with Crippen LogP contribution in [0.5, 0.6) is 0 Å². The van der Waals surface area contributed by atoms with Gasteiger partial charge in [0.1, 0.15) is 0 Å². The SMILES string of the molecule is NC(=O)Nc1cnc2nc(N3CCC(N4CCCCC4)CC3)sc2c1. The lowest BCUT2D eigenvalue weighted by molar-refractivity contribution is 0.141. The fourth-order valence-electron chi connectivity index (χ4n) is 3.86. The number of urea groups is 1. The van der Waals surface area contributed by atoms with Crippen molar-refractivity contribution in [2.45, 2.75) is 38.1 Å². The summed E-state index contributed by atoms with van der Waals surface area (Å²) in [4.78, 5) is 25.0. The number of nitrogens with one attached hydrogen (secondary N) is 1. The van der Waals surface area contributed by atoms with Crippen LogP contribution in [0.2, 0.25) is 0 Å². The second kappa shape index (κ2) is 7.13. The monoisotopic (exact) mass is 360 g/mol. The van der Waals surface area contributed by atoms with E-state index in [1.54, 1.807) is 17.5 Å². The van der Waals surface area contributed by atoms with Crippen LogP contribution >= 0.6 is 11.3 Å². The van der Waals surface area contributed by atoms with E-state index < -0.39 is 6.03 Å². The molecule has 7 nitrogen and oxygen atoms in total. The van der Waals surface area contributed by atoms with Crippen molar-refractivity contribution in [3.63, 3.8) is 0 Å². The van der Waals surface area contributed by atoms with E-state index in [4.69, 9.17) is 5.73 Å². The molecule has 2 fully saturated rings. The highest BCUT2D eigenvalue weighted by atomic mass is 32.1. The van der Waals surface area contributed by atoms with E-state index in [9.17, 15) is 4.79 Å². The van der Waals surface area contributed by atoms with E-state index in [2.05, 4.69) is 25.1 Å². The Balaban J connectivity index is 1.42. The van der Waals surface area contributed by atoms with Crippen molar-refractivity contribution in [3.05, 3.63) is 12.3 Å². The molecule has 2 aliphatic rings. The van der Waals surface area contributed by atoms with Gasteiger partial charge >= 0.3 is 6.03 Å². The van der Waals surface area contributed by atoms with Crippen molar-refractivity contribution < 1.29 is 4.79 Å². The predicted octanol–water partition coefficient (Wildman–Crippen LogP) is 2.64. The number of carbonyl (C=O) groups is 1. The number of rotatable bonds is 3. The number of pyridine rings is 1. The number of thiazole rings is 1. The smallest absolute Gasteiger partial charge is 0.316 e. The number of aromatic nitrogens is 2. The molecule has 4 rings (SSSR count). The van der Waals surface area contributed by atoms with Gasteiger partial charge in [-0.05, 0) is 44.8 Å². The second-order valence-electron chi connectivity index (χ2n) is 6.85. The Morgan fingerprint density at radius 3 is 2.68 bits per heavy atom. The van der Waals surface area contributed by atoms with E-state index in [-0.39, 0.29) is 0 Å². The molecule has 0 radical (unpaired) electrons. The fourth-order valence-corrected chi connectivity index (χ4v) is 4.88. The highest BCUT2D eigenvalue weighted by Crippen LogP contribution is 2.32. The number of hydrogen-bond donors (Lipinski definition) is 2. The van der Waals surface area contributed by atoms with E-state index >= 15 is 0 Å². The van der Waals surface area contributed by atoms with Gasteiger partial charge in [0.05, 0.1) is 16.6 Å². The van der Waals surface area contributed by atoms with Gasteiger partial charge in [0, 0.05) is 19.1 Å². The minimum absolute atomic E-state index is 0.578. The maximum Gasteiger partial charge on any atom is 0.316 e. The molecule has 2 aromatic heterocycles. The molecule has 25 heavy (non-hydrogen) atoms. The molecule has 0 spiro atoms. The van der Waals surface area contributed by atoms with Gasteiger partial charge in [-0.25, -0.2) is 9.78 Å². The Labute approximate surface area is 151 Å². The number of amides is 2. The Hall–Kier alpha value is -1.93. The van der Waals surface area contributed by atoms with Crippen LogP contribution in [0, 0.1) is 0 Å². The second-order valence-corrected chi connectivity index (χ2v) is 7.86. The maximum absolute atomic E-state index is 11.0. The summed E-state index contributed by atoms with van der Waals surface area (Å²) < 4.78 is 0.972. The van der Waals surface area contributed by atoms with Gasteiger partial charge in [-0.3, -0.25) is 0 Å². The number of nitrogens with zero attached hydrogens (tertiary/aromatic N) is 4. The third-order valence-corrected chi connectivity index (χ3v) is 6.20. The van der Waals surface area contributed by atoms with E-state index in [0.717, 1.165) is 34.6 Å². The zero-order chi connectivity index (χ0) is 17.2. The first-order valence-corrected chi connectivity index (χ1v) is 9.83. The molecule has 0 unspecified atom stereocenters. The summed E-state index contributed by atoms with van der Waals surface area (Å²) >= 11 is 1.63. The summed E-state index contributed by atoms with van der Waals surface area (Å²) in [5, 5.41) is 3.59. The van der Waals surface area contributed by atoms with Crippen molar-refractivity contribution in [3.8, 4) is 0 Å². The lowest BCUT2D eigenvalue weighted by Gasteiger charge is -2.40. The quantitative estimate of drug-likeness (QED) is 0.878. The molecule has 2 aliphatic heterocycles. The molecule has 0 saturated carbocycles. The highest BCUT2D eigenvalue weighted by Gasteiger charge is 2.26. The molecule has 4 heterocycles. The lowest BCUT2D eigenvalue weighted by atomic mass is 10.0. The molecule has 8 heteroatoms. The van der Waals surface area contributed by atoms with Crippen LogP contribution in [0.25, 0.3) is 10.3 Å². The number of piperidine rings is 2. The van der Waals surface area contributed by atoms with Crippen LogP contribution in [-0.2, 0) is 0 Å². The Kier molecular flexibility index (Phi) is 4.72. The van der Waals surface area contributed by atoms with Gasteiger partial charge in [-0.2, -0.15) is 4.98 Å². The van der Waals surface area contributed by atoms with Crippen LogP contribution in [0.4, 0.5) is 15.6 Å². The van der Waals surface area contributed by atoms with Crippen LogP contribution < -0.4 is 16.0 Å². The van der Waals surface area contributed by atoms with Gasteiger partial charge in [0.15, 0.2) is 10.8 Å². The summed E-state index contributed by atoms with van der Waals surface area (Å²) in [6.45, 7) is 4.64. The summed E-state index contributed by atoms with van der Waals surface area (Å²) in [7, 11) is 0. The molecule has 2 amide bonds.